The zero-order valence-corrected chi connectivity index (χ0v) is 23.7. The van der Waals surface area contributed by atoms with E-state index in [4.69, 9.17) is 9.47 Å². The second-order valence-electron chi connectivity index (χ2n) is 11.0. The van der Waals surface area contributed by atoms with Gasteiger partial charge in [0.25, 0.3) is 0 Å². The van der Waals surface area contributed by atoms with Crippen LogP contribution in [0.5, 0.6) is 5.75 Å². The van der Waals surface area contributed by atoms with Gasteiger partial charge in [0.2, 0.25) is 5.91 Å². The zero-order valence-electron chi connectivity index (χ0n) is 23.7. The van der Waals surface area contributed by atoms with Crippen molar-refractivity contribution >= 4 is 22.9 Å². The number of carbonyl (C=O) groups excluding carboxylic acids is 2. The van der Waals surface area contributed by atoms with E-state index in [0.717, 1.165) is 53.4 Å². The number of H-pyrrole nitrogens is 1. The summed E-state index contributed by atoms with van der Waals surface area (Å²) in [5.74, 6) is 0.626. The third kappa shape index (κ3) is 6.70. The van der Waals surface area contributed by atoms with E-state index in [1.165, 1.54) is 6.42 Å². The standard InChI is InChI=1S/C33H38N4O4/c1-33(20-25-21-35-27-16-8-7-15-26(25)27,37-32(39)41-22-24-14-6-9-18-29(24)40-2)31(38)36-30(23-12-4-3-5-13-23)28-17-10-11-19-34-28/h6-11,14-19,21,23,30,35H,3-5,12-13,20,22H2,1-2H3,(H,36,38)(H,37,39)/t30?,33-/m0/s1. The number of hydrogen-bond acceptors (Lipinski definition) is 5. The first-order valence-electron chi connectivity index (χ1n) is 14.3. The van der Waals surface area contributed by atoms with E-state index in [1.54, 1.807) is 20.2 Å². The van der Waals surface area contributed by atoms with Gasteiger partial charge in [0.1, 0.15) is 17.9 Å². The van der Waals surface area contributed by atoms with Gasteiger partial charge in [0.05, 0.1) is 18.8 Å². The Hall–Kier alpha value is -4.33. The van der Waals surface area contributed by atoms with E-state index in [2.05, 4.69) is 20.6 Å². The molecule has 1 saturated carbocycles. The fourth-order valence-electron chi connectivity index (χ4n) is 5.83. The first kappa shape index (κ1) is 28.2. The number of nitrogens with one attached hydrogen (secondary N) is 3. The van der Waals surface area contributed by atoms with Gasteiger partial charge in [-0.05, 0) is 55.5 Å². The predicted octanol–water partition coefficient (Wildman–Crippen LogP) is 6.24. The van der Waals surface area contributed by atoms with Crippen molar-refractivity contribution in [1.82, 2.24) is 20.6 Å². The highest BCUT2D eigenvalue weighted by molar-refractivity contribution is 5.91. The normalized spacial score (nSPS) is 16.0. The molecule has 0 spiro atoms. The Balaban J connectivity index is 1.40. The lowest BCUT2D eigenvalue weighted by Gasteiger charge is -2.35. The number of hydrogen-bond donors (Lipinski definition) is 3. The number of ether oxygens (including phenoxy) is 2. The molecule has 2 atom stereocenters. The molecule has 2 amide bonds. The average Bonchev–Trinajstić information content (AvgIpc) is 3.41. The minimum Gasteiger partial charge on any atom is -0.496 e. The minimum absolute atomic E-state index is 0.0132. The summed E-state index contributed by atoms with van der Waals surface area (Å²) in [4.78, 5) is 35.3. The number of amides is 2. The predicted molar refractivity (Wildman–Crippen MR) is 158 cm³/mol. The first-order chi connectivity index (χ1) is 20.0. The van der Waals surface area contributed by atoms with Crippen molar-refractivity contribution in [3.8, 4) is 5.75 Å². The largest absolute Gasteiger partial charge is 0.496 e. The smallest absolute Gasteiger partial charge is 0.408 e. The number of nitrogens with zero attached hydrogens (tertiary/aromatic N) is 1. The Labute approximate surface area is 240 Å². The molecule has 1 aliphatic carbocycles. The van der Waals surface area contributed by atoms with E-state index in [0.29, 0.717) is 5.75 Å². The molecule has 214 valence electrons. The Morgan fingerprint density at radius 3 is 2.54 bits per heavy atom. The molecule has 0 bridgehead atoms. The van der Waals surface area contributed by atoms with Crippen LogP contribution < -0.4 is 15.4 Å². The molecule has 3 N–H and O–H groups in total. The lowest BCUT2D eigenvalue weighted by atomic mass is 9.81. The Kier molecular flexibility index (Phi) is 8.87. The highest BCUT2D eigenvalue weighted by atomic mass is 16.5. The summed E-state index contributed by atoms with van der Waals surface area (Å²) in [6.45, 7) is 1.77. The molecule has 0 radical (unpaired) electrons. The van der Waals surface area contributed by atoms with Crippen molar-refractivity contribution in [2.24, 2.45) is 5.92 Å². The van der Waals surface area contributed by atoms with E-state index in [9.17, 15) is 9.59 Å². The second-order valence-corrected chi connectivity index (χ2v) is 11.0. The Morgan fingerprint density at radius 1 is 1.00 bits per heavy atom. The molecule has 8 nitrogen and oxygen atoms in total. The van der Waals surface area contributed by atoms with Crippen LogP contribution in [0.1, 0.15) is 61.9 Å². The summed E-state index contributed by atoms with van der Waals surface area (Å²) in [6, 6.07) is 20.8. The van der Waals surface area contributed by atoms with Gasteiger partial charge in [-0.25, -0.2) is 4.79 Å². The zero-order chi connectivity index (χ0) is 28.7. The van der Waals surface area contributed by atoms with Crippen molar-refractivity contribution < 1.29 is 19.1 Å². The van der Waals surface area contributed by atoms with Crippen molar-refractivity contribution in [1.29, 1.82) is 0 Å². The molecule has 0 saturated heterocycles. The summed E-state index contributed by atoms with van der Waals surface area (Å²) in [5.41, 5.74) is 2.17. The molecule has 2 heterocycles. The molecular formula is C33H38N4O4. The van der Waals surface area contributed by atoms with Gasteiger partial charge in [-0.2, -0.15) is 0 Å². The molecule has 1 unspecified atom stereocenters. The first-order valence-corrected chi connectivity index (χ1v) is 14.3. The molecule has 8 heteroatoms. The minimum atomic E-state index is -1.30. The number of aromatic amines is 1. The fraction of sp³-hybridized carbons (Fsp3) is 0.364. The van der Waals surface area contributed by atoms with Gasteiger partial charge < -0.3 is 25.1 Å². The van der Waals surface area contributed by atoms with Crippen molar-refractivity contribution in [3.63, 3.8) is 0 Å². The van der Waals surface area contributed by atoms with Gasteiger partial charge in [0.15, 0.2) is 0 Å². The fourth-order valence-corrected chi connectivity index (χ4v) is 5.83. The highest BCUT2D eigenvalue weighted by Crippen LogP contribution is 2.34. The van der Waals surface area contributed by atoms with Crippen LogP contribution in [0.4, 0.5) is 4.79 Å². The number of rotatable bonds is 10. The van der Waals surface area contributed by atoms with E-state index < -0.39 is 11.6 Å². The van der Waals surface area contributed by atoms with Crippen LogP contribution in [0.3, 0.4) is 0 Å². The third-order valence-corrected chi connectivity index (χ3v) is 8.06. The maximum Gasteiger partial charge on any atom is 0.408 e. The monoisotopic (exact) mass is 554 g/mol. The molecular weight excluding hydrogens is 516 g/mol. The summed E-state index contributed by atoms with van der Waals surface area (Å²) in [5, 5.41) is 7.22. The van der Waals surface area contributed by atoms with E-state index in [-0.39, 0.29) is 30.9 Å². The quantitative estimate of drug-likeness (QED) is 0.215. The molecule has 5 rings (SSSR count). The van der Waals surface area contributed by atoms with Gasteiger partial charge in [-0.3, -0.25) is 9.78 Å². The molecule has 41 heavy (non-hydrogen) atoms. The number of pyridine rings is 1. The van der Waals surface area contributed by atoms with Gasteiger partial charge in [0, 0.05) is 35.3 Å². The van der Waals surface area contributed by atoms with Crippen LogP contribution in [0.15, 0.2) is 79.1 Å². The molecule has 4 aromatic rings. The van der Waals surface area contributed by atoms with E-state index >= 15 is 0 Å². The number of para-hydroxylation sites is 2. The lowest BCUT2D eigenvalue weighted by molar-refractivity contribution is -0.128. The molecule has 2 aromatic carbocycles. The summed E-state index contributed by atoms with van der Waals surface area (Å²) >= 11 is 0. The number of aromatic nitrogens is 2. The number of alkyl carbamates (subject to hydrolysis) is 1. The van der Waals surface area contributed by atoms with Gasteiger partial charge in [-0.1, -0.05) is 61.7 Å². The molecule has 2 aromatic heterocycles. The third-order valence-electron chi connectivity index (χ3n) is 8.06. The van der Waals surface area contributed by atoms with Crippen LogP contribution in [-0.4, -0.2) is 34.6 Å². The SMILES string of the molecule is COc1ccccc1COC(=O)N[C@@](C)(Cc1c[nH]c2ccccc12)C(=O)NC(c1ccccn1)C1CCCCC1. The highest BCUT2D eigenvalue weighted by Gasteiger charge is 2.39. The van der Waals surface area contributed by atoms with E-state index in [1.807, 2.05) is 72.9 Å². The lowest BCUT2D eigenvalue weighted by Crippen LogP contribution is -2.59. The van der Waals surface area contributed by atoms with Crippen LogP contribution in [0.2, 0.25) is 0 Å². The summed E-state index contributed by atoms with van der Waals surface area (Å²) in [6.07, 6.45) is 8.76. The summed E-state index contributed by atoms with van der Waals surface area (Å²) in [7, 11) is 1.58. The molecule has 1 fully saturated rings. The maximum absolute atomic E-state index is 14.2. The average molecular weight is 555 g/mol. The number of carbonyl (C=O) groups is 2. The van der Waals surface area contributed by atoms with Crippen molar-refractivity contribution in [3.05, 3.63) is 95.9 Å². The summed E-state index contributed by atoms with van der Waals surface area (Å²) < 4.78 is 11.0. The van der Waals surface area contributed by atoms with Crippen LogP contribution in [0.25, 0.3) is 10.9 Å². The van der Waals surface area contributed by atoms with Crippen molar-refractivity contribution in [2.45, 2.75) is 63.6 Å². The molecule has 0 aliphatic heterocycles. The Bertz CT molecular complexity index is 1460. The molecule has 1 aliphatic rings. The second kappa shape index (κ2) is 12.9. The van der Waals surface area contributed by atoms with Gasteiger partial charge in [-0.15, -0.1) is 0 Å². The topological polar surface area (TPSA) is 105 Å². The number of benzene rings is 2. The van der Waals surface area contributed by atoms with Crippen LogP contribution in [-0.2, 0) is 22.6 Å². The van der Waals surface area contributed by atoms with Crippen LogP contribution in [0, 0.1) is 5.92 Å². The van der Waals surface area contributed by atoms with Gasteiger partial charge >= 0.3 is 6.09 Å². The van der Waals surface area contributed by atoms with Crippen LogP contribution >= 0.6 is 0 Å². The van der Waals surface area contributed by atoms with Crippen molar-refractivity contribution in [2.75, 3.05) is 7.11 Å². The Morgan fingerprint density at radius 2 is 1.76 bits per heavy atom. The maximum atomic E-state index is 14.2. The number of methoxy groups -OCH3 is 1. The number of fused-ring (bicyclic) bond motifs is 1.